The van der Waals surface area contributed by atoms with Crippen molar-refractivity contribution >= 4 is 34.1 Å². The zero-order valence-electron chi connectivity index (χ0n) is 17.3. The molecule has 0 saturated carbocycles. The number of fused-ring (bicyclic) bond motifs is 1. The summed E-state index contributed by atoms with van der Waals surface area (Å²) in [5, 5.41) is 10.2. The number of carbonyl (C=O) groups is 1. The smallest absolute Gasteiger partial charge is 0.233 e. The molecule has 0 unspecified atom stereocenters. The van der Waals surface area contributed by atoms with Crippen molar-refractivity contribution in [2.45, 2.75) is 18.5 Å². The highest BCUT2D eigenvalue weighted by atomic mass is 32.2. The Kier molecular flexibility index (Phi) is 5.34. The average Bonchev–Trinajstić information content (AvgIpc) is 3.45. The fraction of sp³-hybridized carbons (Fsp3) is 0.208. The SMILES string of the molecule is Cc1ccc(-n2cnnc2SCC(=O)N2CC=C(c3c[nH]c4ccccc34)CC2)cc1. The van der Waals surface area contributed by atoms with E-state index in [2.05, 4.69) is 64.7 Å². The van der Waals surface area contributed by atoms with Crippen LogP contribution in [0.2, 0.25) is 0 Å². The quantitative estimate of drug-likeness (QED) is 0.476. The molecule has 7 heteroatoms. The molecule has 5 rings (SSSR count). The summed E-state index contributed by atoms with van der Waals surface area (Å²) in [5.74, 6) is 0.471. The molecule has 1 N–H and O–H groups in total. The monoisotopic (exact) mass is 429 g/mol. The minimum Gasteiger partial charge on any atom is -0.361 e. The van der Waals surface area contributed by atoms with Crippen molar-refractivity contribution in [1.29, 1.82) is 0 Å². The normalized spacial score (nSPS) is 14.1. The van der Waals surface area contributed by atoms with E-state index in [1.165, 1.54) is 33.8 Å². The van der Waals surface area contributed by atoms with Gasteiger partial charge in [-0.05, 0) is 37.1 Å². The first kappa shape index (κ1) is 19.6. The molecule has 1 amide bonds. The number of amides is 1. The van der Waals surface area contributed by atoms with Gasteiger partial charge < -0.3 is 9.88 Å². The number of rotatable bonds is 5. The third-order valence-electron chi connectivity index (χ3n) is 5.65. The van der Waals surface area contributed by atoms with Crippen molar-refractivity contribution < 1.29 is 4.79 Å². The van der Waals surface area contributed by atoms with Gasteiger partial charge in [0, 0.05) is 41.4 Å². The molecule has 0 fully saturated rings. The molecule has 0 radical (unpaired) electrons. The first-order valence-corrected chi connectivity index (χ1v) is 11.3. The van der Waals surface area contributed by atoms with Gasteiger partial charge in [-0.25, -0.2) is 0 Å². The third-order valence-corrected chi connectivity index (χ3v) is 6.58. The molecule has 1 aliphatic rings. The lowest BCUT2D eigenvalue weighted by atomic mass is 9.99. The summed E-state index contributed by atoms with van der Waals surface area (Å²) < 4.78 is 1.92. The summed E-state index contributed by atoms with van der Waals surface area (Å²) in [6.07, 6.45) is 6.80. The number of hydrogen-bond donors (Lipinski definition) is 1. The van der Waals surface area contributed by atoms with Crippen LogP contribution in [0.1, 0.15) is 17.5 Å². The third kappa shape index (κ3) is 4.01. The van der Waals surface area contributed by atoms with Crippen LogP contribution in [0.5, 0.6) is 0 Å². The van der Waals surface area contributed by atoms with E-state index in [-0.39, 0.29) is 5.91 Å². The molecule has 31 heavy (non-hydrogen) atoms. The Bertz CT molecular complexity index is 1250. The van der Waals surface area contributed by atoms with Gasteiger partial charge in [0.15, 0.2) is 5.16 Å². The van der Waals surface area contributed by atoms with Crippen LogP contribution in [-0.4, -0.2) is 49.4 Å². The molecule has 0 saturated heterocycles. The maximum atomic E-state index is 12.8. The number of aryl methyl sites for hydroxylation is 1. The number of thioether (sulfide) groups is 1. The highest BCUT2D eigenvalue weighted by Crippen LogP contribution is 2.29. The number of carbonyl (C=O) groups excluding carboxylic acids is 1. The van der Waals surface area contributed by atoms with Crippen molar-refractivity contribution in [2.75, 3.05) is 18.8 Å². The molecular formula is C24H23N5OS. The minimum absolute atomic E-state index is 0.123. The van der Waals surface area contributed by atoms with Crippen molar-refractivity contribution in [3.8, 4) is 5.69 Å². The Morgan fingerprint density at radius 3 is 2.81 bits per heavy atom. The van der Waals surface area contributed by atoms with Crippen molar-refractivity contribution in [3.63, 3.8) is 0 Å². The van der Waals surface area contributed by atoms with Crippen LogP contribution in [0, 0.1) is 6.92 Å². The molecule has 2 aromatic heterocycles. The van der Waals surface area contributed by atoms with Gasteiger partial charge in [-0.15, -0.1) is 10.2 Å². The van der Waals surface area contributed by atoms with Crippen LogP contribution in [0.15, 0.2) is 72.3 Å². The second-order valence-electron chi connectivity index (χ2n) is 7.67. The summed E-state index contributed by atoms with van der Waals surface area (Å²) in [6.45, 7) is 3.43. The largest absolute Gasteiger partial charge is 0.361 e. The molecule has 1 aliphatic heterocycles. The van der Waals surface area contributed by atoms with E-state index in [0.717, 1.165) is 29.3 Å². The summed E-state index contributed by atoms with van der Waals surface area (Å²) in [7, 11) is 0. The lowest BCUT2D eigenvalue weighted by molar-refractivity contribution is -0.127. The van der Waals surface area contributed by atoms with Gasteiger partial charge in [0.05, 0.1) is 5.75 Å². The molecule has 0 atom stereocenters. The van der Waals surface area contributed by atoms with E-state index in [0.29, 0.717) is 12.3 Å². The summed E-state index contributed by atoms with van der Waals surface area (Å²) >= 11 is 1.43. The van der Waals surface area contributed by atoms with Crippen molar-refractivity contribution in [2.24, 2.45) is 0 Å². The number of para-hydroxylation sites is 1. The van der Waals surface area contributed by atoms with Gasteiger partial charge in [-0.2, -0.15) is 0 Å². The number of benzene rings is 2. The van der Waals surface area contributed by atoms with Gasteiger partial charge in [0.2, 0.25) is 5.91 Å². The Morgan fingerprint density at radius 2 is 2.00 bits per heavy atom. The lowest BCUT2D eigenvalue weighted by Crippen LogP contribution is -2.35. The second-order valence-corrected chi connectivity index (χ2v) is 8.62. The van der Waals surface area contributed by atoms with E-state index >= 15 is 0 Å². The van der Waals surface area contributed by atoms with Gasteiger partial charge in [-0.3, -0.25) is 9.36 Å². The van der Waals surface area contributed by atoms with Crippen LogP contribution in [0.4, 0.5) is 0 Å². The number of H-pyrrole nitrogens is 1. The standard InChI is InChI=1S/C24H23N5OS/c1-17-6-8-19(9-7-17)29-16-26-27-24(29)31-15-23(30)28-12-10-18(11-13-28)21-14-25-22-5-3-2-4-20(21)22/h2-10,14,16,25H,11-13,15H2,1H3. The van der Waals surface area contributed by atoms with Crippen LogP contribution in [0.3, 0.4) is 0 Å². The maximum absolute atomic E-state index is 12.8. The van der Waals surface area contributed by atoms with Crippen LogP contribution in [-0.2, 0) is 4.79 Å². The molecule has 0 spiro atoms. The minimum atomic E-state index is 0.123. The lowest BCUT2D eigenvalue weighted by Gasteiger charge is -2.26. The summed E-state index contributed by atoms with van der Waals surface area (Å²) in [5.41, 5.74) is 5.88. The van der Waals surface area contributed by atoms with Crippen molar-refractivity contribution in [3.05, 3.63) is 78.3 Å². The number of aromatic nitrogens is 4. The molecule has 3 heterocycles. The number of aromatic amines is 1. The zero-order valence-corrected chi connectivity index (χ0v) is 18.1. The molecule has 4 aromatic rings. The topological polar surface area (TPSA) is 66.8 Å². The molecule has 6 nitrogen and oxygen atoms in total. The number of nitrogens with zero attached hydrogens (tertiary/aromatic N) is 4. The molecule has 0 aliphatic carbocycles. The molecule has 0 bridgehead atoms. The Labute approximate surface area is 185 Å². The highest BCUT2D eigenvalue weighted by Gasteiger charge is 2.20. The predicted molar refractivity (Wildman–Crippen MR) is 124 cm³/mol. The zero-order chi connectivity index (χ0) is 21.2. The Morgan fingerprint density at radius 1 is 1.16 bits per heavy atom. The van der Waals surface area contributed by atoms with Gasteiger partial charge in [-0.1, -0.05) is 53.7 Å². The first-order chi connectivity index (χ1) is 15.2. The molecule has 156 valence electrons. The fourth-order valence-electron chi connectivity index (χ4n) is 3.90. The highest BCUT2D eigenvalue weighted by molar-refractivity contribution is 7.99. The van der Waals surface area contributed by atoms with Gasteiger partial charge in [0.1, 0.15) is 6.33 Å². The van der Waals surface area contributed by atoms with E-state index in [1.807, 2.05) is 27.7 Å². The van der Waals surface area contributed by atoms with Crippen molar-refractivity contribution in [1.82, 2.24) is 24.6 Å². The van der Waals surface area contributed by atoms with E-state index in [4.69, 9.17) is 0 Å². The second kappa shape index (κ2) is 8.43. The van der Waals surface area contributed by atoms with Gasteiger partial charge in [0.25, 0.3) is 0 Å². The predicted octanol–water partition coefficient (Wildman–Crippen LogP) is 4.47. The maximum Gasteiger partial charge on any atom is 0.233 e. The van der Waals surface area contributed by atoms with E-state index in [1.54, 1.807) is 6.33 Å². The van der Waals surface area contributed by atoms with Gasteiger partial charge >= 0.3 is 0 Å². The molecule has 2 aromatic carbocycles. The number of nitrogens with one attached hydrogen (secondary N) is 1. The van der Waals surface area contributed by atoms with Crippen LogP contribution in [0.25, 0.3) is 22.2 Å². The Balaban J connectivity index is 1.23. The van der Waals surface area contributed by atoms with E-state index < -0.39 is 0 Å². The summed E-state index contributed by atoms with van der Waals surface area (Å²) in [6, 6.07) is 16.5. The first-order valence-electron chi connectivity index (χ1n) is 10.3. The Hall–Kier alpha value is -3.32. The average molecular weight is 430 g/mol. The number of hydrogen-bond acceptors (Lipinski definition) is 4. The van der Waals surface area contributed by atoms with E-state index in [9.17, 15) is 4.79 Å². The fourth-order valence-corrected chi connectivity index (χ4v) is 4.73. The van der Waals surface area contributed by atoms with Crippen LogP contribution >= 0.6 is 11.8 Å². The summed E-state index contributed by atoms with van der Waals surface area (Å²) in [4.78, 5) is 18.1. The van der Waals surface area contributed by atoms with Crippen LogP contribution < -0.4 is 0 Å². The molecular weight excluding hydrogens is 406 g/mol.